The molecule has 6 rings (SSSR count). The molecular formula is C23H30N6O. The van der Waals surface area contributed by atoms with Crippen molar-refractivity contribution in [2.24, 2.45) is 11.8 Å². The van der Waals surface area contributed by atoms with E-state index in [0.29, 0.717) is 17.8 Å². The minimum Gasteiger partial charge on any atom is -0.393 e. The summed E-state index contributed by atoms with van der Waals surface area (Å²) in [5.41, 5.74) is 2.61. The number of hydrogen-bond acceptors (Lipinski definition) is 7. The first-order chi connectivity index (χ1) is 14.8. The van der Waals surface area contributed by atoms with Gasteiger partial charge in [-0.05, 0) is 56.9 Å². The monoisotopic (exact) mass is 406 g/mol. The molecule has 0 spiro atoms. The third-order valence-corrected chi connectivity index (χ3v) is 7.69. The van der Waals surface area contributed by atoms with Gasteiger partial charge in [-0.2, -0.15) is 4.98 Å². The average Bonchev–Trinajstić information content (AvgIpc) is 3.51. The summed E-state index contributed by atoms with van der Waals surface area (Å²) in [6.45, 7) is 3.80. The summed E-state index contributed by atoms with van der Waals surface area (Å²) in [6, 6.07) is 1.88. The van der Waals surface area contributed by atoms with Crippen LogP contribution in [-0.4, -0.2) is 57.3 Å². The van der Waals surface area contributed by atoms with Crippen LogP contribution in [0.25, 0.3) is 0 Å². The molecule has 158 valence electrons. The van der Waals surface area contributed by atoms with E-state index in [4.69, 9.17) is 9.97 Å². The lowest BCUT2D eigenvalue weighted by Crippen LogP contribution is -2.29. The lowest BCUT2D eigenvalue weighted by molar-refractivity contribution is 0.133. The van der Waals surface area contributed by atoms with E-state index < -0.39 is 0 Å². The van der Waals surface area contributed by atoms with Crippen LogP contribution in [0, 0.1) is 11.8 Å². The molecule has 2 aliphatic heterocycles. The number of aromatic nitrogens is 4. The molecule has 30 heavy (non-hydrogen) atoms. The Kier molecular flexibility index (Phi) is 4.59. The Balaban J connectivity index is 1.30. The number of nitrogens with zero attached hydrogens (tertiary/aromatic N) is 6. The highest BCUT2D eigenvalue weighted by Gasteiger charge is 2.43. The number of hydrogen-bond donors (Lipinski definition) is 1. The second-order valence-electron chi connectivity index (χ2n) is 9.49. The highest BCUT2D eigenvalue weighted by molar-refractivity contribution is 5.55. The van der Waals surface area contributed by atoms with Crippen molar-refractivity contribution in [2.45, 2.75) is 57.0 Å². The van der Waals surface area contributed by atoms with Gasteiger partial charge in [-0.15, -0.1) is 0 Å². The van der Waals surface area contributed by atoms with Gasteiger partial charge in [0.1, 0.15) is 11.6 Å². The Bertz CT molecular complexity index is 921. The molecule has 7 nitrogen and oxygen atoms in total. The number of rotatable bonds is 3. The van der Waals surface area contributed by atoms with E-state index in [1.54, 1.807) is 0 Å². The van der Waals surface area contributed by atoms with E-state index in [1.165, 1.54) is 24.1 Å². The van der Waals surface area contributed by atoms with E-state index in [-0.39, 0.29) is 6.10 Å². The van der Waals surface area contributed by atoms with Crippen molar-refractivity contribution in [1.29, 1.82) is 0 Å². The maximum absolute atomic E-state index is 10.3. The summed E-state index contributed by atoms with van der Waals surface area (Å²) < 4.78 is 0. The van der Waals surface area contributed by atoms with Gasteiger partial charge in [0.15, 0.2) is 0 Å². The topological polar surface area (TPSA) is 78.3 Å². The standard InChI is InChI=1S/C23H30N6O/c30-20-7-6-15-12-29(14-18(15)20)23-26-19-5-2-1-4-17(19)22(27-23)28-11-8-16(13-28)21-24-9-3-10-25-21/h3,9-10,15-16,18,20,30H,1-2,4-8,11-14H2/t15-,16?,18+,20-/m1/s1. The third kappa shape index (κ3) is 3.14. The molecule has 0 amide bonds. The van der Waals surface area contributed by atoms with Gasteiger partial charge in [-0.3, -0.25) is 0 Å². The largest absolute Gasteiger partial charge is 0.393 e. The van der Waals surface area contributed by atoms with Crippen LogP contribution in [0.4, 0.5) is 11.8 Å². The van der Waals surface area contributed by atoms with E-state index in [9.17, 15) is 5.11 Å². The number of aryl methyl sites for hydroxylation is 1. The fourth-order valence-corrected chi connectivity index (χ4v) is 6.05. The minimum atomic E-state index is -0.151. The Morgan fingerprint density at radius 3 is 2.63 bits per heavy atom. The minimum absolute atomic E-state index is 0.151. The molecule has 2 aromatic heterocycles. The molecule has 0 radical (unpaired) electrons. The number of aliphatic hydroxyl groups excluding tert-OH is 1. The highest BCUT2D eigenvalue weighted by atomic mass is 16.3. The molecule has 2 aliphatic carbocycles. The summed E-state index contributed by atoms with van der Waals surface area (Å²) in [5.74, 6) is 4.32. The Labute approximate surface area is 177 Å². The molecular weight excluding hydrogens is 376 g/mol. The van der Waals surface area contributed by atoms with Crippen LogP contribution in [0.15, 0.2) is 18.5 Å². The van der Waals surface area contributed by atoms with Crippen LogP contribution < -0.4 is 9.80 Å². The number of aliphatic hydroxyl groups is 1. The first-order valence-corrected chi connectivity index (χ1v) is 11.6. The van der Waals surface area contributed by atoms with Gasteiger partial charge in [-0.1, -0.05) is 0 Å². The Morgan fingerprint density at radius 2 is 1.77 bits per heavy atom. The zero-order valence-electron chi connectivity index (χ0n) is 17.5. The Hall–Kier alpha value is -2.28. The van der Waals surface area contributed by atoms with Crippen molar-refractivity contribution < 1.29 is 5.11 Å². The van der Waals surface area contributed by atoms with E-state index in [1.807, 2.05) is 18.5 Å². The Morgan fingerprint density at radius 1 is 0.900 bits per heavy atom. The second kappa shape index (κ2) is 7.45. The maximum atomic E-state index is 10.3. The number of fused-ring (bicyclic) bond motifs is 2. The van der Waals surface area contributed by atoms with Crippen LogP contribution >= 0.6 is 0 Å². The molecule has 3 fully saturated rings. The SMILES string of the molecule is O[C@@H]1CC[C@@H]2CN(c3nc4c(c(N5CCC(c6ncccn6)C5)n3)CCCC4)C[C@@H]21. The van der Waals surface area contributed by atoms with Crippen molar-refractivity contribution in [3.8, 4) is 0 Å². The van der Waals surface area contributed by atoms with Gasteiger partial charge < -0.3 is 14.9 Å². The van der Waals surface area contributed by atoms with Gasteiger partial charge in [0.2, 0.25) is 5.95 Å². The first kappa shape index (κ1) is 18.5. The summed E-state index contributed by atoms with van der Waals surface area (Å²) in [4.78, 5) is 24.0. The molecule has 2 aromatic rings. The molecule has 4 atom stereocenters. The van der Waals surface area contributed by atoms with Crippen molar-refractivity contribution in [1.82, 2.24) is 19.9 Å². The van der Waals surface area contributed by atoms with Crippen molar-refractivity contribution in [3.05, 3.63) is 35.5 Å². The van der Waals surface area contributed by atoms with Gasteiger partial charge in [0.25, 0.3) is 0 Å². The van der Waals surface area contributed by atoms with Crippen molar-refractivity contribution in [3.63, 3.8) is 0 Å². The van der Waals surface area contributed by atoms with Crippen LogP contribution in [0.2, 0.25) is 0 Å². The van der Waals surface area contributed by atoms with Gasteiger partial charge in [0, 0.05) is 56.0 Å². The zero-order valence-corrected chi connectivity index (χ0v) is 17.5. The summed E-state index contributed by atoms with van der Waals surface area (Å²) in [7, 11) is 0. The fourth-order valence-electron chi connectivity index (χ4n) is 6.05. The van der Waals surface area contributed by atoms with E-state index in [2.05, 4.69) is 19.8 Å². The van der Waals surface area contributed by atoms with Crippen LogP contribution in [-0.2, 0) is 12.8 Å². The fraction of sp³-hybridized carbons (Fsp3) is 0.652. The van der Waals surface area contributed by atoms with Crippen LogP contribution in [0.3, 0.4) is 0 Å². The molecule has 7 heteroatoms. The molecule has 4 aliphatic rings. The highest BCUT2D eigenvalue weighted by Crippen LogP contribution is 2.41. The summed E-state index contributed by atoms with van der Waals surface area (Å²) >= 11 is 0. The normalized spacial score (nSPS) is 30.6. The lowest BCUT2D eigenvalue weighted by atomic mass is 9.96. The average molecular weight is 407 g/mol. The first-order valence-electron chi connectivity index (χ1n) is 11.6. The summed E-state index contributed by atoms with van der Waals surface area (Å²) in [5, 5.41) is 10.3. The predicted octanol–water partition coefficient (Wildman–Crippen LogP) is 2.35. The molecule has 1 saturated carbocycles. The van der Waals surface area contributed by atoms with Crippen LogP contribution in [0.5, 0.6) is 0 Å². The molecule has 0 aromatic carbocycles. The van der Waals surface area contributed by atoms with Gasteiger partial charge in [0.05, 0.1) is 11.8 Å². The molecule has 2 saturated heterocycles. The maximum Gasteiger partial charge on any atom is 0.227 e. The van der Waals surface area contributed by atoms with E-state index >= 15 is 0 Å². The zero-order chi connectivity index (χ0) is 20.1. The lowest BCUT2D eigenvalue weighted by Gasteiger charge is -2.28. The second-order valence-corrected chi connectivity index (χ2v) is 9.49. The smallest absolute Gasteiger partial charge is 0.227 e. The van der Waals surface area contributed by atoms with Gasteiger partial charge in [-0.25, -0.2) is 15.0 Å². The predicted molar refractivity (Wildman–Crippen MR) is 115 cm³/mol. The quantitative estimate of drug-likeness (QED) is 0.838. The molecule has 1 unspecified atom stereocenters. The van der Waals surface area contributed by atoms with E-state index in [0.717, 1.165) is 75.9 Å². The van der Waals surface area contributed by atoms with Gasteiger partial charge >= 0.3 is 0 Å². The van der Waals surface area contributed by atoms with Crippen LogP contribution in [0.1, 0.15) is 55.1 Å². The van der Waals surface area contributed by atoms with Crippen molar-refractivity contribution >= 4 is 11.8 Å². The third-order valence-electron chi connectivity index (χ3n) is 7.69. The van der Waals surface area contributed by atoms with Crippen molar-refractivity contribution in [2.75, 3.05) is 36.0 Å². The molecule has 4 heterocycles. The number of anilines is 2. The molecule has 0 bridgehead atoms. The molecule has 1 N–H and O–H groups in total. The summed E-state index contributed by atoms with van der Waals surface area (Å²) in [6.07, 6.45) is 11.3.